The maximum Gasteiger partial charge on any atom is 0.118 e. The molecule has 1 saturated heterocycles. The van der Waals surface area contributed by atoms with Crippen LogP contribution in [0.15, 0.2) is 0 Å². The smallest absolute Gasteiger partial charge is 0.118 e. The van der Waals surface area contributed by atoms with Gasteiger partial charge in [-0.05, 0) is 18.6 Å². The molecule has 0 aromatic carbocycles. The third-order valence-electron chi connectivity index (χ3n) is 1.33. The van der Waals surface area contributed by atoms with Crippen LogP contribution in [0.5, 0.6) is 0 Å². The molecule has 0 bridgehead atoms. The van der Waals surface area contributed by atoms with E-state index in [1.54, 1.807) is 0 Å². The zero-order chi connectivity index (χ0) is 5.98. The van der Waals surface area contributed by atoms with Gasteiger partial charge in [0.15, 0.2) is 0 Å². The van der Waals surface area contributed by atoms with E-state index in [-0.39, 0.29) is 11.2 Å². The second-order valence-corrected chi connectivity index (χ2v) is 4.18. The first kappa shape index (κ1) is 6.43. The molecule has 1 aliphatic heterocycles. The lowest BCUT2D eigenvalue weighted by molar-refractivity contribution is 0.451. The molecular weight excluding hydrogens is 120 g/mol. The summed E-state index contributed by atoms with van der Waals surface area (Å²) in [6, 6.07) is 0. The number of thiol groups is 1. The highest BCUT2D eigenvalue weighted by Gasteiger charge is 2.31. The Hall–Kier alpha value is 0.310. The molecule has 0 saturated carbocycles. The Morgan fingerprint density at radius 2 is 2.25 bits per heavy atom. The highest BCUT2D eigenvalue weighted by Crippen LogP contribution is 2.53. The van der Waals surface area contributed by atoms with Crippen LogP contribution in [-0.2, 0) is 4.18 Å². The zero-order valence-electron chi connectivity index (χ0n) is 5.55. The molecule has 50 valence electrons. The summed E-state index contributed by atoms with van der Waals surface area (Å²) in [5, 5.41) is 0. The van der Waals surface area contributed by atoms with Crippen molar-refractivity contribution in [2.75, 3.05) is 5.75 Å². The van der Waals surface area contributed by atoms with Gasteiger partial charge in [0.05, 0.1) is 0 Å². The molecule has 1 rings (SSSR count). The quantitative estimate of drug-likeness (QED) is 0.460. The van der Waals surface area contributed by atoms with Gasteiger partial charge in [-0.3, -0.25) is 0 Å². The molecule has 0 aromatic heterocycles. The van der Waals surface area contributed by atoms with Crippen LogP contribution in [0.4, 0.5) is 0 Å². The maximum atomic E-state index is 5.37. The summed E-state index contributed by atoms with van der Waals surface area (Å²) in [4.78, 5) is 0. The predicted molar refractivity (Wildman–Crippen MR) is 39.3 cm³/mol. The maximum absolute atomic E-state index is 5.37. The van der Waals surface area contributed by atoms with Gasteiger partial charge in [-0.2, -0.15) is 0 Å². The van der Waals surface area contributed by atoms with Crippen LogP contribution in [-0.4, -0.2) is 11.2 Å². The van der Waals surface area contributed by atoms with Crippen molar-refractivity contribution < 1.29 is 4.18 Å². The van der Waals surface area contributed by atoms with E-state index in [9.17, 15) is 0 Å². The van der Waals surface area contributed by atoms with Gasteiger partial charge in [-0.15, -0.1) is 11.2 Å². The molecule has 0 aliphatic carbocycles. The molecule has 1 aliphatic rings. The summed E-state index contributed by atoms with van der Waals surface area (Å²) in [5.41, 5.74) is 0.685. The number of hydrogen-bond donors (Lipinski definition) is 1. The minimum absolute atomic E-state index is 0.0859. The summed E-state index contributed by atoms with van der Waals surface area (Å²) < 4.78 is 5.37. The van der Waals surface area contributed by atoms with Crippen LogP contribution in [0, 0.1) is 0 Å². The van der Waals surface area contributed by atoms with E-state index in [0.717, 1.165) is 0 Å². The number of hydrogen-bond acceptors (Lipinski definition) is 1. The molecule has 0 amide bonds. The minimum atomic E-state index is 0.0859. The van der Waals surface area contributed by atoms with Crippen molar-refractivity contribution in [2.45, 2.75) is 32.1 Å². The molecular formula is C6H14OS. The molecule has 2 atom stereocenters. The van der Waals surface area contributed by atoms with E-state index in [1.807, 2.05) is 0 Å². The van der Waals surface area contributed by atoms with Crippen LogP contribution in [0.2, 0.25) is 0 Å². The Bertz CT molecular complexity index is 74.9. The zero-order valence-corrected chi connectivity index (χ0v) is 6.45. The van der Waals surface area contributed by atoms with Crippen molar-refractivity contribution in [3.05, 3.63) is 0 Å². The molecule has 2 heteroatoms. The fourth-order valence-corrected chi connectivity index (χ4v) is 2.67. The van der Waals surface area contributed by atoms with Gasteiger partial charge in [0.2, 0.25) is 0 Å². The van der Waals surface area contributed by atoms with Crippen molar-refractivity contribution in [2.24, 2.45) is 0 Å². The van der Waals surface area contributed by atoms with Gasteiger partial charge >= 0.3 is 0 Å². The van der Waals surface area contributed by atoms with E-state index in [4.69, 9.17) is 4.18 Å². The van der Waals surface area contributed by atoms with E-state index in [1.165, 1.54) is 18.6 Å². The van der Waals surface area contributed by atoms with Gasteiger partial charge < -0.3 is 4.18 Å². The third-order valence-corrected chi connectivity index (χ3v) is 3.64. The molecule has 0 N–H and O–H groups in total. The van der Waals surface area contributed by atoms with Crippen molar-refractivity contribution in [3.63, 3.8) is 0 Å². The van der Waals surface area contributed by atoms with Crippen LogP contribution >= 0.6 is 11.2 Å². The molecule has 2 unspecified atom stereocenters. The summed E-state index contributed by atoms with van der Waals surface area (Å²) in [6.07, 6.45) is 2.52. The Balaban J connectivity index is 1.99. The lowest BCUT2D eigenvalue weighted by atomic mass is 10.5. The summed E-state index contributed by atoms with van der Waals surface area (Å²) in [5.74, 6) is 1.33. The van der Waals surface area contributed by atoms with E-state index < -0.39 is 0 Å². The molecule has 0 radical (unpaired) electrons. The first-order valence-corrected chi connectivity index (χ1v) is 4.83. The van der Waals surface area contributed by atoms with Crippen molar-refractivity contribution in [1.29, 1.82) is 0 Å². The Morgan fingerprint density at radius 1 is 1.50 bits per heavy atom. The lowest BCUT2D eigenvalue weighted by Gasteiger charge is -1.88. The minimum Gasteiger partial charge on any atom is -0.323 e. The topological polar surface area (TPSA) is 12.5 Å². The van der Waals surface area contributed by atoms with Gasteiger partial charge in [0.1, 0.15) is 5.44 Å². The van der Waals surface area contributed by atoms with Crippen molar-refractivity contribution in [1.82, 2.24) is 0 Å². The van der Waals surface area contributed by atoms with Gasteiger partial charge in [0, 0.05) is 0 Å². The van der Waals surface area contributed by atoms with Crippen LogP contribution in [0.1, 0.15) is 26.7 Å². The highest BCUT2D eigenvalue weighted by atomic mass is 32.2. The van der Waals surface area contributed by atoms with Gasteiger partial charge in [-0.1, -0.05) is 13.8 Å². The van der Waals surface area contributed by atoms with Crippen molar-refractivity contribution >= 4 is 11.2 Å². The van der Waals surface area contributed by atoms with E-state index in [2.05, 4.69) is 13.8 Å². The van der Waals surface area contributed by atoms with Gasteiger partial charge in [0.25, 0.3) is 0 Å². The van der Waals surface area contributed by atoms with Crippen LogP contribution < -0.4 is 0 Å². The second-order valence-electron chi connectivity index (χ2n) is 2.11. The van der Waals surface area contributed by atoms with Crippen LogP contribution in [0.25, 0.3) is 0 Å². The van der Waals surface area contributed by atoms with Gasteiger partial charge in [-0.25, -0.2) is 0 Å². The second kappa shape index (κ2) is 2.74. The third kappa shape index (κ3) is 1.39. The Labute approximate surface area is 54.0 Å². The summed E-state index contributed by atoms with van der Waals surface area (Å²) in [6.45, 7) is 4.42. The standard InChI is InChI=1S/C6H14OS/c1-3-5-8-6(4-2)7-8/h6,8H,3-5H2,1-2H3. The van der Waals surface area contributed by atoms with Crippen molar-refractivity contribution in [3.8, 4) is 0 Å². The Kier molecular flexibility index (Phi) is 2.20. The fourth-order valence-electron chi connectivity index (χ4n) is 0.824. The SMILES string of the molecule is CCC[SH]1OC1CC. The molecule has 1 heterocycles. The normalized spacial score (nSPS) is 39.8. The molecule has 0 aromatic rings. The molecule has 0 spiro atoms. The molecule has 1 fully saturated rings. The fraction of sp³-hybridized carbons (Fsp3) is 1.00. The Morgan fingerprint density at radius 3 is 2.62 bits per heavy atom. The monoisotopic (exact) mass is 134 g/mol. The number of rotatable bonds is 3. The summed E-state index contributed by atoms with van der Waals surface area (Å²) >= 11 is 0.0859. The molecule has 8 heavy (non-hydrogen) atoms. The summed E-state index contributed by atoms with van der Waals surface area (Å²) in [7, 11) is 0. The first-order valence-electron chi connectivity index (χ1n) is 3.32. The first-order chi connectivity index (χ1) is 3.88. The lowest BCUT2D eigenvalue weighted by Crippen LogP contribution is -1.77. The average Bonchev–Trinajstić information content (AvgIpc) is 2.48. The van der Waals surface area contributed by atoms with E-state index in [0.29, 0.717) is 5.44 Å². The largest absolute Gasteiger partial charge is 0.323 e. The average molecular weight is 134 g/mol. The van der Waals surface area contributed by atoms with E-state index >= 15 is 0 Å². The van der Waals surface area contributed by atoms with Crippen LogP contribution in [0.3, 0.4) is 0 Å². The molecule has 1 nitrogen and oxygen atoms in total. The predicted octanol–water partition coefficient (Wildman–Crippen LogP) is 2.08. The highest BCUT2D eigenvalue weighted by molar-refractivity contribution is 8.18.